The molecule has 140 valence electrons. The summed E-state index contributed by atoms with van der Waals surface area (Å²) in [5, 5.41) is 15.2. The van der Waals surface area contributed by atoms with Gasteiger partial charge in [0.1, 0.15) is 23.1 Å². The third-order valence-corrected chi connectivity index (χ3v) is 4.12. The van der Waals surface area contributed by atoms with Crippen molar-refractivity contribution in [3.63, 3.8) is 0 Å². The van der Waals surface area contributed by atoms with Crippen LogP contribution in [0.3, 0.4) is 0 Å². The molecular formula is C22H19N3O3. The molecule has 3 rings (SSSR count). The predicted octanol–water partition coefficient (Wildman–Crippen LogP) is 4.57. The average Bonchev–Trinajstić information content (AvgIpc) is 2.74. The van der Waals surface area contributed by atoms with Crippen molar-refractivity contribution in [3.05, 3.63) is 77.9 Å². The van der Waals surface area contributed by atoms with Crippen molar-refractivity contribution in [2.24, 2.45) is 0 Å². The molecule has 0 spiro atoms. The highest BCUT2D eigenvalue weighted by molar-refractivity contribution is 6.08. The smallest absolute Gasteiger partial charge is 0.263 e. The number of nitrogens with one attached hydrogen (secondary N) is 2. The van der Waals surface area contributed by atoms with Gasteiger partial charge in [-0.15, -0.1) is 0 Å². The van der Waals surface area contributed by atoms with Gasteiger partial charge in [-0.2, -0.15) is 5.26 Å². The third kappa shape index (κ3) is 4.05. The zero-order valence-corrected chi connectivity index (χ0v) is 15.5. The van der Waals surface area contributed by atoms with Crippen molar-refractivity contribution in [3.8, 4) is 17.6 Å². The van der Waals surface area contributed by atoms with E-state index < -0.39 is 0 Å². The molecule has 0 aromatic heterocycles. The molecule has 0 fully saturated rings. The Balaban J connectivity index is 1.76. The summed E-state index contributed by atoms with van der Waals surface area (Å²) in [5.41, 5.74) is 3.04. The first-order valence-corrected chi connectivity index (χ1v) is 8.55. The Morgan fingerprint density at radius 3 is 2.07 bits per heavy atom. The Morgan fingerprint density at radius 1 is 0.857 bits per heavy atom. The van der Waals surface area contributed by atoms with Gasteiger partial charge in [-0.1, -0.05) is 18.2 Å². The minimum absolute atomic E-state index is 0.329. The number of methoxy groups -OCH3 is 2. The minimum Gasteiger partial charge on any atom is -0.496 e. The highest BCUT2D eigenvalue weighted by Crippen LogP contribution is 2.29. The number of ether oxygens (including phenoxy) is 2. The predicted molar refractivity (Wildman–Crippen MR) is 108 cm³/mol. The highest BCUT2D eigenvalue weighted by atomic mass is 16.5. The van der Waals surface area contributed by atoms with E-state index in [4.69, 9.17) is 9.47 Å². The van der Waals surface area contributed by atoms with Gasteiger partial charge in [0.15, 0.2) is 0 Å². The quantitative estimate of drug-likeness (QED) is 0.661. The number of para-hydroxylation sites is 1. The Morgan fingerprint density at radius 2 is 1.46 bits per heavy atom. The Hall–Kier alpha value is -3.98. The maximum Gasteiger partial charge on any atom is 0.263 e. The van der Waals surface area contributed by atoms with Crippen LogP contribution in [0.5, 0.6) is 11.5 Å². The fourth-order valence-corrected chi connectivity index (χ4v) is 2.75. The molecule has 2 N–H and O–H groups in total. The maximum absolute atomic E-state index is 12.7. The van der Waals surface area contributed by atoms with Gasteiger partial charge in [-0.25, -0.2) is 0 Å². The Bertz CT molecular complexity index is 1000. The van der Waals surface area contributed by atoms with Crippen molar-refractivity contribution >= 4 is 23.0 Å². The summed E-state index contributed by atoms with van der Waals surface area (Å²) in [6.45, 7) is 0. The van der Waals surface area contributed by atoms with Gasteiger partial charge in [0.25, 0.3) is 5.91 Å². The van der Waals surface area contributed by atoms with E-state index in [1.807, 2.05) is 30.3 Å². The van der Waals surface area contributed by atoms with Crippen LogP contribution in [0.2, 0.25) is 0 Å². The molecule has 0 aliphatic rings. The molecule has 0 saturated carbocycles. The van der Waals surface area contributed by atoms with Gasteiger partial charge < -0.3 is 20.1 Å². The number of carbonyl (C=O) groups is 1. The molecule has 0 radical (unpaired) electrons. The molecule has 6 heteroatoms. The van der Waals surface area contributed by atoms with E-state index in [1.165, 1.54) is 14.2 Å². The van der Waals surface area contributed by atoms with Crippen LogP contribution in [-0.2, 0) is 0 Å². The summed E-state index contributed by atoms with van der Waals surface area (Å²) in [4.78, 5) is 12.7. The molecule has 0 aliphatic carbocycles. The zero-order chi connectivity index (χ0) is 19.9. The van der Waals surface area contributed by atoms with E-state index in [9.17, 15) is 10.1 Å². The number of benzene rings is 3. The number of carbonyl (C=O) groups excluding carboxylic acids is 1. The number of hydrogen-bond donors (Lipinski definition) is 2. The van der Waals surface area contributed by atoms with Crippen molar-refractivity contribution in [1.29, 1.82) is 5.26 Å². The lowest BCUT2D eigenvalue weighted by Crippen LogP contribution is -2.14. The van der Waals surface area contributed by atoms with Crippen molar-refractivity contribution in [1.82, 2.24) is 0 Å². The van der Waals surface area contributed by atoms with Crippen LogP contribution in [0.25, 0.3) is 0 Å². The summed E-state index contributed by atoms with van der Waals surface area (Å²) in [6, 6.07) is 21.8. The Kier molecular flexibility index (Phi) is 5.78. The third-order valence-electron chi connectivity index (χ3n) is 4.12. The molecule has 6 nitrogen and oxygen atoms in total. The van der Waals surface area contributed by atoms with Gasteiger partial charge in [0.05, 0.1) is 25.5 Å². The second-order valence-electron chi connectivity index (χ2n) is 5.85. The monoisotopic (exact) mass is 373 g/mol. The van der Waals surface area contributed by atoms with Crippen LogP contribution < -0.4 is 20.1 Å². The molecule has 0 atom stereocenters. The topological polar surface area (TPSA) is 83.4 Å². The molecule has 0 aliphatic heterocycles. The van der Waals surface area contributed by atoms with E-state index in [0.717, 1.165) is 11.4 Å². The van der Waals surface area contributed by atoms with E-state index in [0.29, 0.717) is 28.3 Å². The summed E-state index contributed by atoms with van der Waals surface area (Å²) >= 11 is 0. The maximum atomic E-state index is 12.7. The van der Waals surface area contributed by atoms with Crippen LogP contribution in [0.15, 0.2) is 66.7 Å². The lowest BCUT2D eigenvalue weighted by atomic mass is 10.1. The molecule has 0 unspecified atom stereocenters. The van der Waals surface area contributed by atoms with Crippen LogP contribution in [0, 0.1) is 11.3 Å². The lowest BCUT2D eigenvalue weighted by molar-refractivity contribution is 0.102. The number of rotatable bonds is 6. The van der Waals surface area contributed by atoms with E-state index in [2.05, 4.69) is 16.7 Å². The standard InChI is InChI=1S/C22H19N3O3/c1-27-19-8-5-9-20(28-2)21(19)22(26)25-17-12-10-16(11-13-17)24-18-7-4-3-6-15(18)14-23/h3-13,24H,1-2H3,(H,25,26). The highest BCUT2D eigenvalue weighted by Gasteiger charge is 2.18. The zero-order valence-electron chi connectivity index (χ0n) is 15.5. The van der Waals surface area contributed by atoms with Gasteiger partial charge in [-0.3, -0.25) is 4.79 Å². The van der Waals surface area contributed by atoms with Crippen molar-refractivity contribution < 1.29 is 14.3 Å². The van der Waals surface area contributed by atoms with Crippen LogP contribution in [0.1, 0.15) is 15.9 Å². The van der Waals surface area contributed by atoms with Crippen molar-refractivity contribution in [2.75, 3.05) is 24.9 Å². The number of hydrogen-bond acceptors (Lipinski definition) is 5. The van der Waals surface area contributed by atoms with Gasteiger partial charge >= 0.3 is 0 Å². The van der Waals surface area contributed by atoms with Gasteiger partial charge in [0.2, 0.25) is 0 Å². The van der Waals surface area contributed by atoms with E-state index in [-0.39, 0.29) is 5.91 Å². The summed E-state index contributed by atoms with van der Waals surface area (Å²) < 4.78 is 10.6. The molecule has 0 bridgehead atoms. The van der Waals surface area contributed by atoms with Crippen molar-refractivity contribution in [2.45, 2.75) is 0 Å². The first kappa shape index (κ1) is 18.8. The second-order valence-corrected chi connectivity index (χ2v) is 5.85. The molecule has 0 saturated heterocycles. The van der Waals surface area contributed by atoms with E-state index in [1.54, 1.807) is 36.4 Å². The van der Waals surface area contributed by atoms with E-state index >= 15 is 0 Å². The summed E-state index contributed by atoms with van der Waals surface area (Å²) in [7, 11) is 3.01. The fourth-order valence-electron chi connectivity index (χ4n) is 2.75. The second kappa shape index (κ2) is 8.60. The summed E-state index contributed by atoms with van der Waals surface area (Å²) in [6.07, 6.45) is 0. The number of nitriles is 1. The first-order chi connectivity index (χ1) is 13.7. The van der Waals surface area contributed by atoms with Gasteiger partial charge in [0, 0.05) is 11.4 Å². The molecule has 3 aromatic rings. The van der Waals surface area contributed by atoms with Gasteiger partial charge in [-0.05, 0) is 48.5 Å². The minimum atomic E-state index is -0.329. The molecule has 0 heterocycles. The molecule has 1 amide bonds. The summed E-state index contributed by atoms with van der Waals surface area (Å²) in [5.74, 6) is 0.538. The normalized spacial score (nSPS) is 9.89. The fraction of sp³-hybridized carbons (Fsp3) is 0.0909. The Labute approximate surface area is 163 Å². The van der Waals surface area contributed by atoms with Crippen LogP contribution >= 0.6 is 0 Å². The average molecular weight is 373 g/mol. The molecule has 28 heavy (non-hydrogen) atoms. The largest absolute Gasteiger partial charge is 0.496 e. The first-order valence-electron chi connectivity index (χ1n) is 8.55. The lowest BCUT2D eigenvalue weighted by Gasteiger charge is -2.13. The number of nitrogens with zero attached hydrogens (tertiary/aromatic N) is 1. The molecule has 3 aromatic carbocycles. The van der Waals surface area contributed by atoms with Crippen LogP contribution in [0.4, 0.5) is 17.1 Å². The molecular weight excluding hydrogens is 354 g/mol. The SMILES string of the molecule is COc1cccc(OC)c1C(=O)Nc1ccc(Nc2ccccc2C#N)cc1. The van der Waals surface area contributed by atoms with Crippen LogP contribution in [-0.4, -0.2) is 20.1 Å². The number of anilines is 3. The number of amides is 1.